The van der Waals surface area contributed by atoms with Gasteiger partial charge >= 0.3 is 0 Å². The summed E-state index contributed by atoms with van der Waals surface area (Å²) in [4.78, 5) is 0. The van der Waals surface area contributed by atoms with Gasteiger partial charge in [-0.1, -0.05) is 33.6 Å². The van der Waals surface area contributed by atoms with Crippen LogP contribution in [0.3, 0.4) is 0 Å². The van der Waals surface area contributed by atoms with Crippen LogP contribution in [-0.2, 0) is 0 Å². The fraction of sp³-hybridized carbons (Fsp3) is 0.111. The van der Waals surface area contributed by atoms with Gasteiger partial charge in [-0.25, -0.2) is 0 Å². The minimum Gasteiger partial charge on any atom is -0.173 e. The molecule has 1 aromatic carbocycles. The van der Waals surface area contributed by atoms with Gasteiger partial charge in [-0.05, 0) is 18.2 Å². The summed E-state index contributed by atoms with van der Waals surface area (Å²) < 4.78 is 0.955. The first-order valence-electron chi connectivity index (χ1n) is 3.59. The molecule has 0 aliphatic carbocycles. The summed E-state index contributed by atoms with van der Waals surface area (Å²) in [7, 11) is 1.57. The van der Waals surface area contributed by atoms with Crippen molar-refractivity contribution in [3.05, 3.63) is 28.7 Å². The van der Waals surface area contributed by atoms with Crippen LogP contribution < -0.4 is 5.01 Å². The van der Waals surface area contributed by atoms with Gasteiger partial charge in [0.15, 0.2) is 0 Å². The molecule has 0 saturated carbocycles. The molecule has 0 heterocycles. The van der Waals surface area contributed by atoms with E-state index in [0.29, 0.717) is 0 Å². The van der Waals surface area contributed by atoms with Crippen LogP contribution in [0.25, 0.3) is 0 Å². The molecule has 1 aromatic rings. The van der Waals surface area contributed by atoms with Crippen molar-refractivity contribution in [2.45, 2.75) is 0 Å². The van der Waals surface area contributed by atoms with E-state index in [9.17, 15) is 0 Å². The summed E-state index contributed by atoms with van der Waals surface area (Å²) in [5.74, 6) is 0. The molecular weight excluding hydrogens is 230 g/mol. The zero-order valence-electron chi connectivity index (χ0n) is 7.11. The molecule has 1 rings (SSSR count). The lowest BCUT2D eigenvalue weighted by atomic mass is 10.3. The zero-order valence-corrected chi connectivity index (χ0v) is 8.69. The molecule has 0 aromatic heterocycles. The molecule has 0 spiro atoms. The average Bonchev–Trinajstić information content (AvgIpc) is 2.14. The highest BCUT2D eigenvalue weighted by Crippen LogP contribution is 2.19. The maximum absolute atomic E-state index is 5.25. The van der Waals surface area contributed by atoms with Gasteiger partial charge in [0.25, 0.3) is 0 Å². The van der Waals surface area contributed by atoms with Gasteiger partial charge in [0, 0.05) is 10.5 Å². The molecule has 0 amide bonds. The van der Waals surface area contributed by atoms with Crippen LogP contribution in [0.15, 0.2) is 39.1 Å². The van der Waals surface area contributed by atoms with Crippen molar-refractivity contribution in [3.63, 3.8) is 0 Å². The number of rotatable bonds is 2. The molecule has 0 saturated heterocycles. The van der Waals surface area contributed by atoms with E-state index in [1.807, 2.05) is 24.3 Å². The first-order valence-corrected chi connectivity index (χ1v) is 4.39. The van der Waals surface area contributed by atoms with Crippen molar-refractivity contribution in [2.75, 3.05) is 12.1 Å². The Morgan fingerprint density at radius 2 is 2.31 bits per heavy atom. The van der Waals surface area contributed by atoms with Crippen molar-refractivity contribution in [2.24, 2.45) is 10.3 Å². The second kappa shape index (κ2) is 4.63. The third-order valence-electron chi connectivity index (χ3n) is 1.35. The molecule has 0 N–H and O–H groups in total. The standard InChI is InChI=1S/C9H8BrN3/c1-3-13(12-11-2)9-6-4-5-8(10)7-9/h1,4-7H,2H3/b12-11-. The fourth-order valence-corrected chi connectivity index (χ4v) is 1.24. The second-order valence-electron chi connectivity index (χ2n) is 2.21. The maximum atomic E-state index is 5.25. The summed E-state index contributed by atoms with van der Waals surface area (Å²) in [6.07, 6.45) is 5.25. The predicted molar refractivity (Wildman–Crippen MR) is 56.2 cm³/mol. The molecule has 0 aliphatic rings. The van der Waals surface area contributed by atoms with Gasteiger partial charge in [0.2, 0.25) is 0 Å². The normalized spacial score (nSPS) is 9.92. The van der Waals surface area contributed by atoms with Gasteiger partial charge in [-0.2, -0.15) is 10.1 Å². The number of hydrogen-bond donors (Lipinski definition) is 0. The molecule has 13 heavy (non-hydrogen) atoms. The van der Waals surface area contributed by atoms with Crippen LogP contribution in [0.2, 0.25) is 0 Å². The van der Waals surface area contributed by atoms with E-state index in [1.54, 1.807) is 7.05 Å². The van der Waals surface area contributed by atoms with E-state index in [-0.39, 0.29) is 0 Å². The number of terminal acetylenes is 1. The summed E-state index contributed by atoms with van der Waals surface area (Å²) >= 11 is 3.34. The van der Waals surface area contributed by atoms with Crippen molar-refractivity contribution >= 4 is 21.6 Å². The molecule has 0 fully saturated rings. The molecule has 3 nitrogen and oxygen atoms in total. The summed E-state index contributed by atoms with van der Waals surface area (Å²) in [6, 6.07) is 9.93. The lowest BCUT2D eigenvalue weighted by molar-refractivity contribution is 0.962. The van der Waals surface area contributed by atoms with E-state index in [4.69, 9.17) is 6.42 Å². The lowest BCUT2D eigenvalue weighted by Gasteiger charge is -2.08. The van der Waals surface area contributed by atoms with Crippen molar-refractivity contribution < 1.29 is 0 Å². The van der Waals surface area contributed by atoms with E-state index >= 15 is 0 Å². The van der Waals surface area contributed by atoms with Crippen LogP contribution in [0.4, 0.5) is 5.69 Å². The van der Waals surface area contributed by atoms with E-state index in [1.165, 1.54) is 5.01 Å². The molecule has 66 valence electrons. The van der Waals surface area contributed by atoms with Gasteiger partial charge < -0.3 is 0 Å². The van der Waals surface area contributed by atoms with Crippen LogP contribution in [-0.4, -0.2) is 7.05 Å². The van der Waals surface area contributed by atoms with Crippen molar-refractivity contribution in [1.82, 2.24) is 0 Å². The lowest BCUT2D eigenvalue weighted by Crippen LogP contribution is -2.06. The molecule has 0 atom stereocenters. The van der Waals surface area contributed by atoms with Gasteiger partial charge in [0.1, 0.15) is 0 Å². The van der Waals surface area contributed by atoms with Crippen molar-refractivity contribution in [3.8, 4) is 12.5 Å². The highest BCUT2D eigenvalue weighted by atomic mass is 79.9. The first kappa shape index (κ1) is 9.75. The summed E-state index contributed by atoms with van der Waals surface area (Å²) in [6.45, 7) is 0. The summed E-state index contributed by atoms with van der Waals surface area (Å²) in [5, 5.41) is 8.73. The largest absolute Gasteiger partial charge is 0.173 e. The molecule has 0 radical (unpaired) electrons. The highest BCUT2D eigenvalue weighted by molar-refractivity contribution is 9.10. The van der Waals surface area contributed by atoms with Gasteiger partial charge in [0.05, 0.1) is 12.7 Å². The Balaban J connectivity index is 2.99. The molecule has 0 unspecified atom stereocenters. The maximum Gasteiger partial charge on any atom is 0.0774 e. The molecule has 0 bridgehead atoms. The summed E-state index contributed by atoms with van der Waals surface area (Å²) in [5.41, 5.74) is 0.808. The first-order chi connectivity index (χ1) is 6.27. The van der Waals surface area contributed by atoms with Crippen molar-refractivity contribution in [1.29, 1.82) is 0 Å². The number of anilines is 1. The Kier molecular flexibility index (Phi) is 3.47. The topological polar surface area (TPSA) is 28.0 Å². The number of nitrogens with zero attached hydrogens (tertiary/aromatic N) is 3. The monoisotopic (exact) mass is 237 g/mol. The third-order valence-corrected chi connectivity index (χ3v) is 1.85. The number of benzene rings is 1. The van der Waals surface area contributed by atoms with E-state index < -0.39 is 0 Å². The second-order valence-corrected chi connectivity index (χ2v) is 3.13. The predicted octanol–water partition coefficient (Wildman–Crippen LogP) is 2.84. The van der Waals surface area contributed by atoms with E-state index in [0.717, 1.165) is 10.2 Å². The molecule has 4 heteroatoms. The average molecular weight is 238 g/mol. The van der Waals surface area contributed by atoms with Gasteiger partial charge in [-0.3, -0.25) is 0 Å². The zero-order chi connectivity index (χ0) is 9.68. The Morgan fingerprint density at radius 1 is 1.54 bits per heavy atom. The number of hydrogen-bond acceptors (Lipinski definition) is 2. The Labute approximate surface area is 85.6 Å². The van der Waals surface area contributed by atoms with Crippen LogP contribution >= 0.6 is 15.9 Å². The van der Waals surface area contributed by atoms with Crippen LogP contribution in [0.1, 0.15) is 0 Å². The Hall–Kier alpha value is -1.34. The van der Waals surface area contributed by atoms with E-state index in [2.05, 4.69) is 32.3 Å². The smallest absolute Gasteiger partial charge is 0.0774 e. The van der Waals surface area contributed by atoms with Gasteiger partial charge in [-0.15, -0.1) is 0 Å². The number of halogens is 1. The quantitative estimate of drug-likeness (QED) is 0.337. The van der Waals surface area contributed by atoms with Crippen LogP contribution in [0.5, 0.6) is 0 Å². The molecular formula is C9H8BrN3. The fourth-order valence-electron chi connectivity index (χ4n) is 0.849. The minimum absolute atomic E-state index is 0.808. The van der Waals surface area contributed by atoms with Crippen LogP contribution in [0, 0.1) is 12.5 Å². The Morgan fingerprint density at radius 3 is 2.85 bits per heavy atom. The SMILES string of the molecule is C#CN(/N=N\C)c1cccc(Br)c1. The third kappa shape index (κ3) is 2.56. The minimum atomic E-state index is 0.808. The highest BCUT2D eigenvalue weighted by Gasteiger charge is 2.00. The molecule has 0 aliphatic heterocycles. The Bertz CT molecular complexity index is 354.